The van der Waals surface area contributed by atoms with E-state index < -0.39 is 0 Å². The number of Topliss-reactive ketones (excluding diaryl/α,β-unsaturated/α-hetero) is 1. The monoisotopic (exact) mass is 336 g/mol. The molecule has 128 valence electrons. The number of fused-ring (bicyclic) bond motifs is 1. The molecule has 3 nitrogen and oxygen atoms in total. The standard InChI is InChI=1S/C19H28O3S/c1-12(2)16-11-19(4)13(3)8-15(9-14(19)10-17(16)20)22-18(21)6-7-23-5/h6-7,13-15H,8-11H2,1-5H3/b7-6-/t13-,14+,15?,19+/m0/s1. The Bertz CT molecular complexity index is 545. The van der Waals surface area contributed by atoms with Crippen molar-refractivity contribution in [2.75, 3.05) is 6.26 Å². The van der Waals surface area contributed by atoms with Crippen LogP contribution in [0.5, 0.6) is 0 Å². The zero-order valence-electron chi connectivity index (χ0n) is 14.8. The Morgan fingerprint density at radius 1 is 1.35 bits per heavy atom. The van der Waals surface area contributed by atoms with Crippen LogP contribution in [0.1, 0.15) is 53.4 Å². The zero-order valence-corrected chi connectivity index (χ0v) is 15.7. The van der Waals surface area contributed by atoms with E-state index in [0.29, 0.717) is 18.3 Å². The molecule has 2 aliphatic rings. The van der Waals surface area contributed by atoms with Crippen LogP contribution >= 0.6 is 11.8 Å². The molecule has 0 aliphatic heterocycles. The number of hydrogen-bond donors (Lipinski definition) is 0. The molecule has 2 fully saturated rings. The van der Waals surface area contributed by atoms with E-state index in [1.54, 1.807) is 5.41 Å². The van der Waals surface area contributed by atoms with Gasteiger partial charge in [-0.05, 0) is 67.6 Å². The van der Waals surface area contributed by atoms with Crippen molar-refractivity contribution in [2.45, 2.75) is 59.5 Å². The van der Waals surface area contributed by atoms with Gasteiger partial charge in [0.15, 0.2) is 5.78 Å². The Hall–Kier alpha value is -1.03. The Kier molecular flexibility index (Phi) is 5.77. The van der Waals surface area contributed by atoms with Crippen LogP contribution in [0, 0.1) is 17.3 Å². The van der Waals surface area contributed by atoms with Crippen molar-refractivity contribution < 1.29 is 14.3 Å². The molecule has 0 heterocycles. The highest BCUT2D eigenvalue weighted by Gasteiger charge is 2.50. The van der Waals surface area contributed by atoms with Crippen LogP contribution in [0.3, 0.4) is 0 Å². The number of allylic oxidation sites excluding steroid dienone is 2. The van der Waals surface area contributed by atoms with E-state index in [9.17, 15) is 9.59 Å². The third-order valence-electron chi connectivity index (χ3n) is 5.77. The van der Waals surface area contributed by atoms with E-state index in [1.165, 1.54) is 17.8 Å². The molecule has 0 spiro atoms. The average Bonchev–Trinajstić information content (AvgIpc) is 2.47. The molecule has 0 aromatic heterocycles. The van der Waals surface area contributed by atoms with Gasteiger partial charge in [0, 0.05) is 12.5 Å². The highest BCUT2D eigenvalue weighted by atomic mass is 32.2. The van der Waals surface area contributed by atoms with Gasteiger partial charge >= 0.3 is 5.97 Å². The third kappa shape index (κ3) is 3.90. The van der Waals surface area contributed by atoms with Gasteiger partial charge in [0.05, 0.1) is 0 Å². The maximum Gasteiger partial charge on any atom is 0.331 e. The van der Waals surface area contributed by atoms with E-state index in [0.717, 1.165) is 30.4 Å². The summed E-state index contributed by atoms with van der Waals surface area (Å²) in [7, 11) is 0. The van der Waals surface area contributed by atoms with E-state index in [-0.39, 0.29) is 23.3 Å². The van der Waals surface area contributed by atoms with Crippen molar-refractivity contribution >= 4 is 23.5 Å². The summed E-state index contributed by atoms with van der Waals surface area (Å²) >= 11 is 1.48. The number of ether oxygens (including phenoxy) is 1. The van der Waals surface area contributed by atoms with Crippen LogP contribution in [0.4, 0.5) is 0 Å². The summed E-state index contributed by atoms with van der Waals surface area (Å²) in [6, 6.07) is 0. The number of rotatable bonds is 3. The van der Waals surface area contributed by atoms with Gasteiger partial charge in [-0.15, -0.1) is 11.8 Å². The predicted molar refractivity (Wildman–Crippen MR) is 95.1 cm³/mol. The van der Waals surface area contributed by atoms with E-state index in [4.69, 9.17) is 4.74 Å². The largest absolute Gasteiger partial charge is 0.459 e. The maximum atomic E-state index is 12.4. The second-order valence-corrected chi connectivity index (χ2v) is 8.20. The number of carbonyl (C=O) groups is 2. The molecule has 0 aromatic carbocycles. The van der Waals surface area contributed by atoms with Crippen LogP contribution in [0.25, 0.3) is 0 Å². The highest BCUT2D eigenvalue weighted by Crippen LogP contribution is 2.54. The minimum atomic E-state index is -0.271. The van der Waals surface area contributed by atoms with Crippen molar-refractivity contribution in [3.8, 4) is 0 Å². The smallest absolute Gasteiger partial charge is 0.331 e. The molecule has 4 atom stereocenters. The number of thioether (sulfide) groups is 1. The second kappa shape index (κ2) is 7.25. The Labute approximate surface area is 143 Å². The molecule has 0 bridgehead atoms. The molecular formula is C19H28O3S. The maximum absolute atomic E-state index is 12.4. The van der Waals surface area contributed by atoms with Crippen LogP contribution < -0.4 is 0 Å². The first-order valence-electron chi connectivity index (χ1n) is 8.37. The van der Waals surface area contributed by atoms with Crippen LogP contribution in [-0.4, -0.2) is 24.1 Å². The zero-order chi connectivity index (χ0) is 17.2. The van der Waals surface area contributed by atoms with Crippen molar-refractivity contribution in [3.05, 3.63) is 22.6 Å². The third-order valence-corrected chi connectivity index (χ3v) is 6.18. The fourth-order valence-electron chi connectivity index (χ4n) is 4.09. The normalized spacial score (nSPS) is 34.4. The lowest BCUT2D eigenvalue weighted by molar-refractivity contribution is -0.151. The lowest BCUT2D eigenvalue weighted by Gasteiger charge is -2.51. The van der Waals surface area contributed by atoms with Gasteiger partial charge in [0.1, 0.15) is 6.10 Å². The van der Waals surface area contributed by atoms with Gasteiger partial charge in [-0.25, -0.2) is 4.79 Å². The first kappa shape index (κ1) is 18.3. The molecule has 23 heavy (non-hydrogen) atoms. The van der Waals surface area contributed by atoms with Crippen molar-refractivity contribution in [1.29, 1.82) is 0 Å². The minimum absolute atomic E-state index is 0.0665. The molecule has 2 rings (SSSR count). The van der Waals surface area contributed by atoms with Crippen LogP contribution in [0.2, 0.25) is 0 Å². The second-order valence-electron chi connectivity index (χ2n) is 7.46. The summed E-state index contributed by atoms with van der Waals surface area (Å²) in [5.41, 5.74) is 2.31. The fourth-order valence-corrected chi connectivity index (χ4v) is 4.34. The lowest BCUT2D eigenvalue weighted by Crippen LogP contribution is -2.47. The average molecular weight is 336 g/mol. The summed E-state index contributed by atoms with van der Waals surface area (Å²) in [4.78, 5) is 24.3. The molecule has 4 heteroatoms. The topological polar surface area (TPSA) is 43.4 Å². The molecule has 0 radical (unpaired) electrons. The van der Waals surface area contributed by atoms with Crippen molar-refractivity contribution in [2.24, 2.45) is 17.3 Å². The Morgan fingerprint density at radius 3 is 2.65 bits per heavy atom. The van der Waals surface area contributed by atoms with Crippen molar-refractivity contribution in [3.63, 3.8) is 0 Å². The Balaban J connectivity index is 2.12. The Morgan fingerprint density at radius 2 is 2.04 bits per heavy atom. The summed E-state index contributed by atoms with van der Waals surface area (Å²) in [5.74, 6) is 0.761. The molecular weight excluding hydrogens is 308 g/mol. The summed E-state index contributed by atoms with van der Waals surface area (Å²) < 4.78 is 5.60. The quantitative estimate of drug-likeness (QED) is 0.561. The predicted octanol–water partition coefficient (Wildman–Crippen LogP) is 4.53. The summed E-state index contributed by atoms with van der Waals surface area (Å²) in [6.07, 6.45) is 6.48. The first-order valence-corrected chi connectivity index (χ1v) is 9.66. The van der Waals surface area contributed by atoms with Gasteiger partial charge in [0.2, 0.25) is 0 Å². The highest BCUT2D eigenvalue weighted by molar-refractivity contribution is 8.01. The van der Waals surface area contributed by atoms with Gasteiger partial charge < -0.3 is 4.74 Å². The van der Waals surface area contributed by atoms with E-state index in [2.05, 4.69) is 13.8 Å². The van der Waals surface area contributed by atoms with Crippen LogP contribution in [0.15, 0.2) is 22.6 Å². The number of hydrogen-bond acceptors (Lipinski definition) is 4. The van der Waals surface area contributed by atoms with Gasteiger partial charge in [0.25, 0.3) is 0 Å². The molecule has 1 unspecified atom stereocenters. The molecule has 0 aromatic rings. The van der Waals surface area contributed by atoms with E-state index >= 15 is 0 Å². The number of ketones is 1. The molecule has 2 aliphatic carbocycles. The van der Waals surface area contributed by atoms with Crippen molar-refractivity contribution in [1.82, 2.24) is 0 Å². The summed E-state index contributed by atoms with van der Waals surface area (Å²) in [6.45, 7) is 8.62. The van der Waals surface area contributed by atoms with Gasteiger partial charge in [-0.2, -0.15) is 0 Å². The first-order chi connectivity index (χ1) is 10.8. The number of esters is 1. The lowest BCUT2D eigenvalue weighted by atomic mass is 9.54. The van der Waals surface area contributed by atoms with Gasteiger partial charge in [-0.3, -0.25) is 4.79 Å². The SMILES string of the molecule is CS/C=C\C(=O)OC1C[C@@H]2CC(=O)C(=C(C)C)C[C@]2(C)[C@@H](C)C1. The molecule has 0 amide bonds. The minimum Gasteiger partial charge on any atom is -0.459 e. The molecule has 0 saturated heterocycles. The van der Waals surface area contributed by atoms with E-state index in [1.807, 2.05) is 20.1 Å². The number of carbonyl (C=O) groups excluding carboxylic acids is 2. The fraction of sp³-hybridized carbons (Fsp3) is 0.684. The van der Waals surface area contributed by atoms with Crippen LogP contribution in [-0.2, 0) is 14.3 Å². The molecule has 0 N–H and O–H groups in total. The summed E-state index contributed by atoms with van der Waals surface area (Å²) in [5, 5.41) is 1.74. The molecule has 2 saturated carbocycles. The van der Waals surface area contributed by atoms with Gasteiger partial charge in [-0.1, -0.05) is 19.4 Å².